The minimum atomic E-state index is 0.537. The van der Waals surface area contributed by atoms with Crippen molar-refractivity contribution in [1.82, 2.24) is 34.1 Å². The summed E-state index contributed by atoms with van der Waals surface area (Å²) in [6.07, 6.45) is 6.14. The molecule has 0 saturated carbocycles. The lowest BCUT2D eigenvalue weighted by atomic mass is 10.0. The van der Waals surface area contributed by atoms with E-state index in [9.17, 15) is 0 Å². The highest BCUT2D eigenvalue weighted by Crippen LogP contribution is 2.36. The molecule has 0 atom stereocenters. The van der Waals surface area contributed by atoms with Gasteiger partial charge in [-0.15, -0.1) is 0 Å². The van der Waals surface area contributed by atoms with Crippen molar-refractivity contribution in [2.24, 2.45) is 0 Å². The Hall–Kier alpha value is -5.95. The molecule has 0 fully saturated rings. The second-order valence-corrected chi connectivity index (χ2v) is 10.9. The predicted molar refractivity (Wildman–Crippen MR) is 175 cm³/mol. The van der Waals surface area contributed by atoms with Gasteiger partial charge in [0.1, 0.15) is 11.0 Å². The lowest BCUT2D eigenvalue weighted by Gasteiger charge is -2.13. The van der Waals surface area contributed by atoms with Gasteiger partial charge in [0.05, 0.1) is 5.52 Å². The van der Waals surface area contributed by atoms with Gasteiger partial charge in [-0.25, -0.2) is 15.0 Å². The molecule has 44 heavy (non-hydrogen) atoms. The first-order chi connectivity index (χ1) is 21.8. The van der Waals surface area contributed by atoms with Crippen LogP contribution in [0.25, 0.3) is 73.7 Å². The average molecular weight is 568 g/mol. The van der Waals surface area contributed by atoms with Crippen molar-refractivity contribution in [1.29, 1.82) is 0 Å². The smallest absolute Gasteiger partial charge is 0.239 e. The zero-order valence-corrected chi connectivity index (χ0v) is 23.7. The summed E-state index contributed by atoms with van der Waals surface area (Å²) in [5.41, 5.74) is 9.39. The van der Waals surface area contributed by atoms with E-state index in [1.807, 2.05) is 66.7 Å². The van der Waals surface area contributed by atoms with Crippen molar-refractivity contribution < 1.29 is 0 Å². The van der Waals surface area contributed by atoms with Gasteiger partial charge >= 0.3 is 0 Å². The third-order valence-corrected chi connectivity index (χ3v) is 8.25. The van der Waals surface area contributed by atoms with E-state index in [1.165, 1.54) is 0 Å². The summed E-state index contributed by atoms with van der Waals surface area (Å²) in [7, 11) is 0. The summed E-state index contributed by atoms with van der Waals surface area (Å²) < 4.78 is 4.30. The van der Waals surface area contributed by atoms with Crippen LogP contribution in [0.5, 0.6) is 0 Å². The number of benzene rings is 4. The summed E-state index contributed by atoms with van der Waals surface area (Å²) in [6, 6.07) is 38.8. The van der Waals surface area contributed by atoms with E-state index < -0.39 is 0 Å². The van der Waals surface area contributed by atoms with Gasteiger partial charge in [-0.3, -0.25) is 9.13 Å². The van der Waals surface area contributed by atoms with Crippen LogP contribution in [0.2, 0.25) is 0 Å². The van der Waals surface area contributed by atoms with Crippen molar-refractivity contribution in [2.75, 3.05) is 0 Å². The molecule has 8 aromatic rings. The van der Waals surface area contributed by atoms with E-state index in [4.69, 9.17) is 24.9 Å². The first-order valence-electron chi connectivity index (χ1n) is 14.8. The van der Waals surface area contributed by atoms with Crippen LogP contribution in [0, 0.1) is 0 Å². The summed E-state index contributed by atoms with van der Waals surface area (Å²) in [5.74, 6) is 1.77. The van der Waals surface area contributed by atoms with Gasteiger partial charge in [0, 0.05) is 33.5 Å². The van der Waals surface area contributed by atoms with E-state index in [0.717, 1.165) is 74.1 Å². The highest BCUT2D eigenvalue weighted by Gasteiger charge is 2.26. The Morgan fingerprint density at radius 2 is 1.14 bits per heavy atom. The molecule has 0 spiro atoms. The molecule has 9 rings (SSSR count). The molecule has 0 N–H and O–H groups in total. The van der Waals surface area contributed by atoms with Crippen molar-refractivity contribution in [3.05, 3.63) is 133 Å². The number of fused-ring (bicyclic) bond motifs is 6. The number of aromatic nitrogens is 7. The van der Waals surface area contributed by atoms with E-state index in [1.54, 1.807) is 0 Å². The van der Waals surface area contributed by atoms with Crippen molar-refractivity contribution in [2.45, 2.75) is 12.8 Å². The Morgan fingerprint density at radius 3 is 1.84 bits per heavy atom. The van der Waals surface area contributed by atoms with Crippen LogP contribution in [0.1, 0.15) is 17.7 Å². The highest BCUT2D eigenvalue weighted by molar-refractivity contribution is 6.08. The standard InChI is InChI=1S/C37H25N7/c1-4-14-24(15-5-1)33-39-34(25-16-6-2-7-17-25)41-37(40-33)44-30-23-13-11-21-28(30)32-36(44)42-35-31(38-32)27-20-10-12-22-29(27)43(35)26-18-8-3-9-19-26/h1-12,14-22H,13,23H2. The van der Waals surface area contributed by atoms with E-state index in [0.29, 0.717) is 17.6 Å². The molecule has 208 valence electrons. The molecular weight excluding hydrogens is 542 g/mol. The fourth-order valence-corrected chi connectivity index (χ4v) is 6.25. The predicted octanol–water partition coefficient (Wildman–Crippen LogP) is 8.00. The molecule has 4 heterocycles. The Bertz CT molecular complexity index is 2310. The van der Waals surface area contributed by atoms with Crippen molar-refractivity contribution in [3.63, 3.8) is 0 Å². The van der Waals surface area contributed by atoms with Crippen LogP contribution < -0.4 is 0 Å². The normalized spacial score (nSPS) is 12.7. The van der Waals surface area contributed by atoms with Gasteiger partial charge in [0.15, 0.2) is 22.9 Å². The number of rotatable bonds is 4. The van der Waals surface area contributed by atoms with Gasteiger partial charge in [-0.2, -0.15) is 9.97 Å². The van der Waals surface area contributed by atoms with E-state index >= 15 is 0 Å². The summed E-state index contributed by atoms with van der Waals surface area (Å²) >= 11 is 0. The third-order valence-electron chi connectivity index (χ3n) is 8.25. The lowest BCUT2D eigenvalue weighted by molar-refractivity contribution is 0.833. The minimum Gasteiger partial charge on any atom is -0.292 e. The minimum absolute atomic E-state index is 0.537. The topological polar surface area (TPSA) is 74.3 Å². The van der Waals surface area contributed by atoms with Gasteiger partial charge in [-0.1, -0.05) is 109 Å². The van der Waals surface area contributed by atoms with Gasteiger partial charge in [0.2, 0.25) is 5.95 Å². The molecule has 1 aliphatic carbocycles. The molecule has 7 heteroatoms. The third kappa shape index (κ3) is 3.79. The molecular formula is C37H25N7. The molecule has 4 aromatic carbocycles. The summed E-state index contributed by atoms with van der Waals surface area (Å²) in [5, 5.41) is 1.07. The maximum Gasteiger partial charge on any atom is 0.239 e. The molecule has 1 aliphatic rings. The number of hydrogen-bond donors (Lipinski definition) is 0. The summed E-state index contributed by atoms with van der Waals surface area (Å²) in [6.45, 7) is 0. The highest BCUT2D eigenvalue weighted by atomic mass is 15.2. The number of allylic oxidation sites excluding steroid dienone is 1. The average Bonchev–Trinajstić information content (AvgIpc) is 3.60. The first kappa shape index (κ1) is 24.6. The SMILES string of the molecule is C1=Cc2c(n(-c3nc(-c4ccccc4)nc(-c4ccccc4)n3)c3nc4c(nc23)c2ccccc2n4-c2ccccc2)CC1. The number of para-hydroxylation sites is 2. The van der Waals surface area contributed by atoms with Crippen LogP contribution in [0.4, 0.5) is 0 Å². The van der Waals surface area contributed by atoms with Gasteiger partial charge < -0.3 is 0 Å². The largest absolute Gasteiger partial charge is 0.292 e. The second kappa shape index (κ2) is 9.81. The number of hydrogen-bond acceptors (Lipinski definition) is 5. The molecule has 0 aliphatic heterocycles. The first-order valence-corrected chi connectivity index (χ1v) is 14.8. The van der Waals surface area contributed by atoms with Gasteiger partial charge in [0.25, 0.3) is 0 Å². The Balaban J connectivity index is 1.39. The second-order valence-electron chi connectivity index (χ2n) is 10.9. The molecule has 0 amide bonds. The van der Waals surface area contributed by atoms with E-state index in [-0.39, 0.29) is 0 Å². The van der Waals surface area contributed by atoms with Crippen LogP contribution >= 0.6 is 0 Å². The van der Waals surface area contributed by atoms with E-state index in [2.05, 4.69) is 69.8 Å². The molecule has 4 aromatic heterocycles. The monoisotopic (exact) mass is 567 g/mol. The summed E-state index contributed by atoms with van der Waals surface area (Å²) in [4.78, 5) is 25.8. The van der Waals surface area contributed by atoms with Crippen molar-refractivity contribution in [3.8, 4) is 34.4 Å². The Morgan fingerprint density at radius 1 is 0.523 bits per heavy atom. The quantitative estimate of drug-likeness (QED) is 0.215. The van der Waals surface area contributed by atoms with Gasteiger partial charge in [-0.05, 0) is 31.0 Å². The zero-order valence-electron chi connectivity index (χ0n) is 23.7. The fraction of sp³-hybridized carbons (Fsp3) is 0.0541. The number of nitrogens with zero attached hydrogens (tertiary/aromatic N) is 7. The van der Waals surface area contributed by atoms with Crippen LogP contribution in [-0.4, -0.2) is 34.1 Å². The maximum absolute atomic E-state index is 5.41. The fourth-order valence-electron chi connectivity index (χ4n) is 6.25. The molecule has 0 unspecified atom stereocenters. The molecule has 0 radical (unpaired) electrons. The van der Waals surface area contributed by atoms with Crippen molar-refractivity contribution >= 4 is 39.3 Å². The van der Waals surface area contributed by atoms with Crippen LogP contribution in [-0.2, 0) is 6.42 Å². The molecule has 7 nitrogen and oxygen atoms in total. The Labute approximate surface area is 252 Å². The maximum atomic E-state index is 5.41. The molecule has 0 saturated heterocycles. The van der Waals surface area contributed by atoms with Crippen LogP contribution in [0.15, 0.2) is 121 Å². The lowest BCUT2D eigenvalue weighted by Crippen LogP contribution is -2.10. The molecule has 0 bridgehead atoms. The Kier molecular flexibility index (Phi) is 5.49. The zero-order chi connectivity index (χ0) is 29.0. The van der Waals surface area contributed by atoms with Crippen LogP contribution in [0.3, 0.4) is 0 Å².